The van der Waals surface area contributed by atoms with Crippen LogP contribution in [0.5, 0.6) is 0 Å². The molecule has 24 heavy (non-hydrogen) atoms. The van der Waals surface area contributed by atoms with E-state index in [9.17, 15) is 4.39 Å². The van der Waals surface area contributed by atoms with Gasteiger partial charge in [0, 0.05) is 25.4 Å². The fourth-order valence-electron chi connectivity index (χ4n) is 3.30. The second kappa shape index (κ2) is 6.41. The van der Waals surface area contributed by atoms with E-state index in [-0.39, 0.29) is 11.7 Å². The number of halogens is 1. The second-order valence-electron chi connectivity index (χ2n) is 6.38. The maximum Gasteiger partial charge on any atom is 0.225 e. The molecule has 6 nitrogen and oxygen atoms in total. The van der Waals surface area contributed by atoms with Crippen LogP contribution >= 0.6 is 0 Å². The van der Waals surface area contributed by atoms with E-state index in [0.717, 1.165) is 18.4 Å². The Kier molecular flexibility index (Phi) is 4.12. The van der Waals surface area contributed by atoms with Crippen LogP contribution in [-0.4, -0.2) is 46.4 Å². The summed E-state index contributed by atoms with van der Waals surface area (Å²) in [7, 11) is 0. The number of ether oxygens (including phenoxy) is 2. The van der Waals surface area contributed by atoms with Gasteiger partial charge >= 0.3 is 0 Å². The van der Waals surface area contributed by atoms with Crippen molar-refractivity contribution in [2.24, 2.45) is 0 Å². The van der Waals surface area contributed by atoms with Gasteiger partial charge in [0.25, 0.3) is 0 Å². The standard InChI is InChI=1S/C17H19FN4O2/c18-14-8-20-16(21-9-14)22-11-17(12-22)6-15(3-5-24-17)23-10-13-2-1-4-19-7-13/h1-2,4,7-9,15H,3,5-6,10-12H2. The number of hydrogen-bond acceptors (Lipinski definition) is 6. The highest BCUT2D eigenvalue weighted by molar-refractivity contribution is 5.37. The molecule has 2 aliphatic heterocycles. The number of aromatic nitrogens is 3. The van der Waals surface area contributed by atoms with Gasteiger partial charge < -0.3 is 14.4 Å². The fourth-order valence-corrected chi connectivity index (χ4v) is 3.30. The predicted molar refractivity (Wildman–Crippen MR) is 84.9 cm³/mol. The molecule has 0 aromatic carbocycles. The lowest BCUT2D eigenvalue weighted by Crippen LogP contribution is -2.66. The summed E-state index contributed by atoms with van der Waals surface area (Å²) < 4.78 is 24.9. The molecule has 7 heteroatoms. The summed E-state index contributed by atoms with van der Waals surface area (Å²) in [4.78, 5) is 14.1. The summed E-state index contributed by atoms with van der Waals surface area (Å²) in [5.74, 6) is 0.121. The third-order valence-electron chi connectivity index (χ3n) is 4.50. The minimum atomic E-state index is -0.424. The van der Waals surface area contributed by atoms with E-state index in [1.54, 1.807) is 6.20 Å². The molecule has 0 N–H and O–H groups in total. The van der Waals surface area contributed by atoms with E-state index in [1.165, 1.54) is 12.4 Å². The van der Waals surface area contributed by atoms with Gasteiger partial charge in [-0.2, -0.15) is 0 Å². The monoisotopic (exact) mass is 330 g/mol. The lowest BCUT2D eigenvalue weighted by molar-refractivity contribution is -0.148. The zero-order chi connectivity index (χ0) is 16.4. The van der Waals surface area contributed by atoms with Gasteiger partial charge in [-0.25, -0.2) is 14.4 Å². The molecule has 126 valence electrons. The Labute approximate surface area is 139 Å². The van der Waals surface area contributed by atoms with Crippen LogP contribution in [0.3, 0.4) is 0 Å². The number of pyridine rings is 1. The SMILES string of the molecule is Fc1cnc(N2CC3(CC(OCc4cccnc4)CCO3)C2)nc1. The van der Waals surface area contributed by atoms with Crippen molar-refractivity contribution < 1.29 is 13.9 Å². The molecule has 4 rings (SSSR count). The van der Waals surface area contributed by atoms with Gasteiger partial charge in [0.1, 0.15) is 5.60 Å². The van der Waals surface area contributed by atoms with Gasteiger partial charge in [0.15, 0.2) is 5.82 Å². The first-order valence-corrected chi connectivity index (χ1v) is 8.09. The van der Waals surface area contributed by atoms with Crippen LogP contribution in [0.1, 0.15) is 18.4 Å². The molecule has 1 atom stereocenters. The van der Waals surface area contributed by atoms with Crippen molar-refractivity contribution in [1.29, 1.82) is 0 Å². The highest BCUT2D eigenvalue weighted by atomic mass is 19.1. The first-order valence-electron chi connectivity index (χ1n) is 8.09. The first-order chi connectivity index (χ1) is 11.7. The molecule has 0 saturated carbocycles. The lowest BCUT2D eigenvalue weighted by atomic mass is 9.85. The van der Waals surface area contributed by atoms with Gasteiger partial charge in [-0.1, -0.05) is 6.07 Å². The Morgan fingerprint density at radius 2 is 2.12 bits per heavy atom. The summed E-state index contributed by atoms with van der Waals surface area (Å²) in [5.41, 5.74) is 0.878. The first kappa shape index (κ1) is 15.4. The summed E-state index contributed by atoms with van der Waals surface area (Å²) in [6.07, 6.45) is 7.89. The maximum absolute atomic E-state index is 12.9. The van der Waals surface area contributed by atoms with Gasteiger partial charge in [0.05, 0.1) is 38.2 Å². The number of nitrogens with zero attached hydrogens (tertiary/aromatic N) is 4. The minimum absolute atomic E-state index is 0.176. The molecule has 2 aliphatic rings. The maximum atomic E-state index is 12.9. The minimum Gasteiger partial charge on any atom is -0.373 e. The molecular weight excluding hydrogens is 311 g/mol. The number of anilines is 1. The summed E-state index contributed by atoms with van der Waals surface area (Å²) >= 11 is 0. The predicted octanol–water partition coefficient (Wildman–Crippen LogP) is 1.97. The van der Waals surface area contributed by atoms with Crippen LogP contribution in [-0.2, 0) is 16.1 Å². The highest BCUT2D eigenvalue weighted by Gasteiger charge is 2.48. The zero-order valence-corrected chi connectivity index (χ0v) is 13.3. The molecule has 2 aromatic heterocycles. The Morgan fingerprint density at radius 1 is 1.29 bits per heavy atom. The Morgan fingerprint density at radius 3 is 2.88 bits per heavy atom. The largest absolute Gasteiger partial charge is 0.373 e. The molecule has 0 radical (unpaired) electrons. The van der Waals surface area contributed by atoms with E-state index in [4.69, 9.17) is 9.47 Å². The Hall–Kier alpha value is -2.12. The van der Waals surface area contributed by atoms with Crippen molar-refractivity contribution in [3.63, 3.8) is 0 Å². The fraction of sp³-hybridized carbons (Fsp3) is 0.471. The number of rotatable bonds is 4. The Balaban J connectivity index is 1.32. The molecular formula is C17H19FN4O2. The average Bonchev–Trinajstić information content (AvgIpc) is 2.60. The molecule has 4 heterocycles. The van der Waals surface area contributed by atoms with Gasteiger partial charge in [-0.05, 0) is 18.1 Å². The van der Waals surface area contributed by atoms with Gasteiger partial charge in [-0.15, -0.1) is 0 Å². The molecule has 0 aliphatic carbocycles. The van der Waals surface area contributed by atoms with Crippen molar-refractivity contribution in [2.75, 3.05) is 24.6 Å². The molecule has 0 bridgehead atoms. The molecule has 2 saturated heterocycles. The van der Waals surface area contributed by atoms with Crippen molar-refractivity contribution >= 4 is 5.95 Å². The lowest BCUT2D eigenvalue weighted by Gasteiger charge is -2.52. The molecule has 2 aromatic rings. The van der Waals surface area contributed by atoms with Crippen molar-refractivity contribution in [3.8, 4) is 0 Å². The van der Waals surface area contributed by atoms with Crippen LogP contribution in [0.15, 0.2) is 36.9 Å². The quantitative estimate of drug-likeness (QED) is 0.854. The summed E-state index contributed by atoms with van der Waals surface area (Å²) in [6.45, 7) is 2.69. The van der Waals surface area contributed by atoms with E-state index in [2.05, 4.69) is 15.0 Å². The molecule has 1 spiro atoms. The third-order valence-corrected chi connectivity index (χ3v) is 4.50. The molecule has 2 fully saturated rings. The Bertz CT molecular complexity index is 677. The number of hydrogen-bond donors (Lipinski definition) is 0. The van der Waals surface area contributed by atoms with E-state index in [0.29, 0.717) is 32.3 Å². The topological polar surface area (TPSA) is 60.4 Å². The van der Waals surface area contributed by atoms with Crippen LogP contribution in [0.2, 0.25) is 0 Å². The second-order valence-corrected chi connectivity index (χ2v) is 6.38. The highest BCUT2D eigenvalue weighted by Crippen LogP contribution is 2.36. The smallest absolute Gasteiger partial charge is 0.225 e. The van der Waals surface area contributed by atoms with Crippen molar-refractivity contribution in [1.82, 2.24) is 15.0 Å². The summed E-state index contributed by atoms with van der Waals surface area (Å²) in [6, 6.07) is 3.93. The van der Waals surface area contributed by atoms with Crippen LogP contribution < -0.4 is 4.90 Å². The molecule has 0 amide bonds. The third kappa shape index (κ3) is 3.22. The van der Waals surface area contributed by atoms with Crippen molar-refractivity contribution in [2.45, 2.75) is 31.2 Å². The van der Waals surface area contributed by atoms with Crippen molar-refractivity contribution in [3.05, 3.63) is 48.3 Å². The normalized spacial score (nSPS) is 22.4. The van der Waals surface area contributed by atoms with E-state index in [1.807, 2.05) is 23.2 Å². The summed E-state index contributed by atoms with van der Waals surface area (Å²) in [5, 5.41) is 0. The van der Waals surface area contributed by atoms with E-state index < -0.39 is 5.82 Å². The van der Waals surface area contributed by atoms with Gasteiger partial charge in [0.2, 0.25) is 5.95 Å². The van der Waals surface area contributed by atoms with Gasteiger partial charge in [-0.3, -0.25) is 4.98 Å². The molecule has 1 unspecified atom stereocenters. The average molecular weight is 330 g/mol. The van der Waals surface area contributed by atoms with Crippen LogP contribution in [0.4, 0.5) is 10.3 Å². The van der Waals surface area contributed by atoms with Crippen LogP contribution in [0.25, 0.3) is 0 Å². The van der Waals surface area contributed by atoms with E-state index >= 15 is 0 Å². The van der Waals surface area contributed by atoms with Crippen LogP contribution in [0, 0.1) is 5.82 Å². The zero-order valence-electron chi connectivity index (χ0n) is 13.3.